The summed E-state index contributed by atoms with van der Waals surface area (Å²) < 4.78 is 16.6. The summed E-state index contributed by atoms with van der Waals surface area (Å²) >= 11 is 0. The molecule has 0 aromatic heterocycles. The van der Waals surface area contributed by atoms with E-state index in [1.807, 2.05) is 0 Å². The maximum absolute atomic E-state index is 5.52. The van der Waals surface area contributed by atoms with Crippen LogP contribution < -0.4 is 5.32 Å². The Morgan fingerprint density at radius 2 is 1.52 bits per heavy atom. The molecule has 0 saturated carbocycles. The van der Waals surface area contributed by atoms with Crippen molar-refractivity contribution < 1.29 is 13.3 Å². The Bertz CT molecular complexity index is 340. The first-order valence-electron chi connectivity index (χ1n) is 9.08. The third-order valence-electron chi connectivity index (χ3n) is 3.72. The summed E-state index contributed by atoms with van der Waals surface area (Å²) in [6, 6.07) is 1.42. The molecule has 25 heavy (non-hydrogen) atoms. The van der Waals surface area contributed by atoms with Gasteiger partial charge in [0.25, 0.3) is 0 Å². The molecule has 0 aromatic carbocycles. The summed E-state index contributed by atoms with van der Waals surface area (Å²) in [6.07, 6.45) is 3.26. The molecule has 0 heterocycles. The normalized spacial score (nSPS) is 12.5. The van der Waals surface area contributed by atoms with Gasteiger partial charge in [0, 0.05) is 52.5 Å². The predicted molar refractivity (Wildman–Crippen MR) is 110 cm³/mol. The molecule has 0 saturated heterocycles. The zero-order valence-corrected chi connectivity index (χ0v) is 18.0. The van der Waals surface area contributed by atoms with Gasteiger partial charge in [0.05, 0.1) is 0 Å². The Morgan fingerprint density at radius 3 is 1.92 bits per heavy atom. The molecule has 7 heteroatoms. The summed E-state index contributed by atoms with van der Waals surface area (Å²) in [6.45, 7) is 12.6. The molecule has 0 aliphatic rings. The molecule has 0 rings (SSSR count). The second kappa shape index (κ2) is 14.5. The highest BCUT2D eigenvalue weighted by atomic mass is 28.4. The summed E-state index contributed by atoms with van der Waals surface area (Å²) in [5.41, 5.74) is 0. The number of aliphatic imine (C=N–C) groups is 1. The number of hydrogen-bond acceptors (Lipinski definition) is 4. The largest absolute Gasteiger partial charge is 0.500 e. The van der Waals surface area contributed by atoms with Gasteiger partial charge in [-0.05, 0) is 40.5 Å². The van der Waals surface area contributed by atoms with E-state index in [1.165, 1.54) is 6.42 Å². The van der Waals surface area contributed by atoms with Gasteiger partial charge in [-0.1, -0.05) is 20.8 Å². The van der Waals surface area contributed by atoms with Crippen LogP contribution in [0.25, 0.3) is 0 Å². The van der Waals surface area contributed by atoms with Gasteiger partial charge in [-0.15, -0.1) is 0 Å². The lowest BCUT2D eigenvalue weighted by molar-refractivity contribution is 0.122. The van der Waals surface area contributed by atoms with Gasteiger partial charge >= 0.3 is 8.80 Å². The molecular weight excluding hydrogens is 334 g/mol. The zero-order chi connectivity index (χ0) is 18.6. The Kier molecular flexibility index (Phi) is 15.5. The van der Waals surface area contributed by atoms with Crippen LogP contribution in [0.2, 0.25) is 6.04 Å². The fraction of sp³-hybridized carbons (Fsp3) is 0.944. The fourth-order valence-electron chi connectivity index (χ4n) is 2.43. The smallest absolute Gasteiger partial charge is 0.377 e. The van der Waals surface area contributed by atoms with Crippen LogP contribution in [0, 0.1) is 0 Å². The number of nitrogens with one attached hydrogen (secondary N) is 1. The molecule has 0 unspecified atom stereocenters. The van der Waals surface area contributed by atoms with Crippen molar-refractivity contribution in [2.24, 2.45) is 4.99 Å². The molecule has 152 valence electrons. The number of unbranched alkanes of at least 4 members (excludes halogenated alkanes) is 1. The Labute approximate surface area is 157 Å². The molecule has 0 fully saturated rings. The van der Waals surface area contributed by atoms with Crippen molar-refractivity contribution in [3.63, 3.8) is 0 Å². The SMILES string of the molecule is C.CCCCN(CCC[Si](OC)(OC)OC)C(=NC(C)C)NC(C)C. The summed E-state index contributed by atoms with van der Waals surface area (Å²) in [5.74, 6) is 0.993. The summed E-state index contributed by atoms with van der Waals surface area (Å²) in [5, 5.41) is 3.50. The van der Waals surface area contributed by atoms with Crippen LogP contribution in [-0.2, 0) is 13.3 Å². The van der Waals surface area contributed by atoms with Gasteiger partial charge in [0.15, 0.2) is 5.96 Å². The number of guanidine groups is 1. The van der Waals surface area contributed by atoms with Crippen molar-refractivity contribution in [1.29, 1.82) is 0 Å². The first kappa shape index (κ1) is 26.6. The Morgan fingerprint density at radius 1 is 1.00 bits per heavy atom. The first-order chi connectivity index (χ1) is 11.3. The van der Waals surface area contributed by atoms with Crippen molar-refractivity contribution in [3.05, 3.63) is 0 Å². The van der Waals surface area contributed by atoms with E-state index in [0.29, 0.717) is 6.04 Å². The van der Waals surface area contributed by atoms with Crippen LogP contribution in [0.3, 0.4) is 0 Å². The lowest BCUT2D eigenvalue weighted by Gasteiger charge is -2.30. The van der Waals surface area contributed by atoms with Crippen LogP contribution in [0.5, 0.6) is 0 Å². The maximum atomic E-state index is 5.52. The van der Waals surface area contributed by atoms with Crippen molar-refractivity contribution in [2.75, 3.05) is 34.4 Å². The summed E-state index contributed by atoms with van der Waals surface area (Å²) in [4.78, 5) is 7.15. The van der Waals surface area contributed by atoms with E-state index in [9.17, 15) is 0 Å². The van der Waals surface area contributed by atoms with Crippen LogP contribution in [0.1, 0.15) is 61.3 Å². The maximum Gasteiger partial charge on any atom is 0.500 e. The summed E-state index contributed by atoms with van der Waals surface area (Å²) in [7, 11) is 2.50. The second-order valence-electron chi connectivity index (χ2n) is 6.59. The predicted octanol–water partition coefficient (Wildman–Crippen LogP) is 3.76. The third-order valence-corrected chi connectivity index (χ3v) is 6.56. The monoisotopic (exact) mass is 377 g/mol. The van der Waals surface area contributed by atoms with E-state index in [0.717, 1.165) is 37.9 Å². The van der Waals surface area contributed by atoms with E-state index in [-0.39, 0.29) is 13.5 Å². The van der Waals surface area contributed by atoms with Crippen LogP contribution in [0.4, 0.5) is 0 Å². The van der Waals surface area contributed by atoms with E-state index < -0.39 is 8.80 Å². The van der Waals surface area contributed by atoms with Gasteiger partial charge in [-0.3, -0.25) is 4.99 Å². The number of hydrogen-bond donors (Lipinski definition) is 1. The van der Waals surface area contributed by atoms with E-state index in [1.54, 1.807) is 21.3 Å². The van der Waals surface area contributed by atoms with Crippen LogP contribution >= 0.6 is 0 Å². The molecule has 0 radical (unpaired) electrons. The minimum atomic E-state index is -2.50. The Hall–Kier alpha value is -0.633. The van der Waals surface area contributed by atoms with Crippen molar-refractivity contribution in [2.45, 2.75) is 79.4 Å². The molecule has 0 aromatic rings. The van der Waals surface area contributed by atoms with Gasteiger partial charge in [0.2, 0.25) is 0 Å². The lowest BCUT2D eigenvalue weighted by atomic mass is 10.3. The molecule has 0 atom stereocenters. The minimum absolute atomic E-state index is 0. The molecule has 1 N–H and O–H groups in total. The van der Waals surface area contributed by atoms with Crippen molar-refractivity contribution in [1.82, 2.24) is 10.2 Å². The van der Waals surface area contributed by atoms with Gasteiger partial charge in [-0.2, -0.15) is 0 Å². The molecular formula is C18H43N3O3Si. The fourth-order valence-corrected chi connectivity index (χ4v) is 4.13. The average molecular weight is 378 g/mol. The quantitative estimate of drug-likeness (QED) is 0.319. The zero-order valence-electron chi connectivity index (χ0n) is 17.0. The molecule has 0 aliphatic heterocycles. The van der Waals surface area contributed by atoms with Gasteiger partial charge < -0.3 is 23.5 Å². The second-order valence-corrected chi connectivity index (χ2v) is 9.68. The molecule has 0 bridgehead atoms. The molecule has 0 amide bonds. The average Bonchev–Trinajstić information content (AvgIpc) is 2.53. The highest BCUT2D eigenvalue weighted by molar-refractivity contribution is 6.60. The third kappa shape index (κ3) is 10.8. The lowest BCUT2D eigenvalue weighted by Crippen LogP contribution is -2.47. The highest BCUT2D eigenvalue weighted by Crippen LogP contribution is 2.15. The highest BCUT2D eigenvalue weighted by Gasteiger charge is 2.37. The Balaban J connectivity index is 0. The minimum Gasteiger partial charge on any atom is -0.377 e. The van der Waals surface area contributed by atoms with E-state index >= 15 is 0 Å². The van der Waals surface area contributed by atoms with Crippen LogP contribution in [-0.4, -0.2) is 66.2 Å². The van der Waals surface area contributed by atoms with Crippen LogP contribution in [0.15, 0.2) is 4.99 Å². The molecule has 6 nitrogen and oxygen atoms in total. The topological polar surface area (TPSA) is 55.3 Å². The van der Waals surface area contributed by atoms with E-state index in [2.05, 4.69) is 44.8 Å². The standard InChI is InChI=1S/C17H39N3O3Si.CH4/c1-9-10-12-20(17(18-15(2)3)19-16(4)5)13-11-14-24(21-6,22-7)23-8;/h15-16H,9-14H2,1-8H3,(H,18,19);1H4. The molecule has 0 spiro atoms. The number of rotatable bonds is 12. The first-order valence-corrected chi connectivity index (χ1v) is 11.0. The number of nitrogens with zero attached hydrogens (tertiary/aromatic N) is 2. The van der Waals surface area contributed by atoms with E-state index in [4.69, 9.17) is 18.3 Å². The van der Waals surface area contributed by atoms with Gasteiger partial charge in [-0.25, -0.2) is 0 Å². The molecule has 0 aliphatic carbocycles. The van der Waals surface area contributed by atoms with Gasteiger partial charge in [0.1, 0.15) is 0 Å². The van der Waals surface area contributed by atoms with Crippen molar-refractivity contribution >= 4 is 14.8 Å². The van der Waals surface area contributed by atoms with Crippen molar-refractivity contribution in [3.8, 4) is 0 Å².